The SMILES string of the molecule is CN(C)C(=O)C1CCN(c2ccc3nnc(C(C)(C)C)n3n2)CC1. The van der Waals surface area contributed by atoms with Gasteiger partial charge in [-0.05, 0) is 25.0 Å². The van der Waals surface area contributed by atoms with Gasteiger partial charge in [-0.15, -0.1) is 15.3 Å². The monoisotopic (exact) mass is 330 g/mol. The highest BCUT2D eigenvalue weighted by Gasteiger charge is 2.27. The highest BCUT2D eigenvalue weighted by molar-refractivity contribution is 5.78. The molecular formula is C17H26N6O. The summed E-state index contributed by atoms with van der Waals surface area (Å²) in [5.74, 6) is 2.13. The van der Waals surface area contributed by atoms with Crippen molar-refractivity contribution in [1.29, 1.82) is 0 Å². The van der Waals surface area contributed by atoms with E-state index in [-0.39, 0.29) is 17.2 Å². The van der Waals surface area contributed by atoms with E-state index in [0.29, 0.717) is 0 Å². The maximum absolute atomic E-state index is 12.1. The molecule has 3 rings (SSSR count). The molecule has 7 heteroatoms. The number of hydrogen-bond acceptors (Lipinski definition) is 5. The van der Waals surface area contributed by atoms with Gasteiger partial charge in [0.05, 0.1) is 0 Å². The fraction of sp³-hybridized carbons (Fsp3) is 0.647. The van der Waals surface area contributed by atoms with E-state index in [1.54, 1.807) is 4.90 Å². The minimum atomic E-state index is -0.115. The third-order valence-corrected chi connectivity index (χ3v) is 4.53. The third kappa shape index (κ3) is 3.07. The van der Waals surface area contributed by atoms with Crippen molar-refractivity contribution in [2.45, 2.75) is 39.0 Å². The van der Waals surface area contributed by atoms with E-state index in [1.807, 2.05) is 30.7 Å². The Hall–Kier alpha value is -2.18. The molecule has 2 aromatic rings. The average Bonchev–Trinajstić information content (AvgIpc) is 2.97. The molecule has 0 spiro atoms. The Balaban J connectivity index is 1.80. The van der Waals surface area contributed by atoms with Crippen molar-refractivity contribution in [3.05, 3.63) is 18.0 Å². The second-order valence-corrected chi connectivity index (χ2v) is 7.73. The molecule has 0 unspecified atom stereocenters. The van der Waals surface area contributed by atoms with Crippen molar-refractivity contribution in [2.75, 3.05) is 32.1 Å². The quantitative estimate of drug-likeness (QED) is 0.839. The first kappa shape index (κ1) is 16.7. The van der Waals surface area contributed by atoms with E-state index in [2.05, 4.69) is 35.9 Å². The van der Waals surface area contributed by atoms with Crippen molar-refractivity contribution in [2.24, 2.45) is 5.92 Å². The molecule has 1 amide bonds. The van der Waals surface area contributed by atoms with Crippen molar-refractivity contribution in [3.63, 3.8) is 0 Å². The maximum Gasteiger partial charge on any atom is 0.225 e. The molecule has 130 valence electrons. The van der Waals surface area contributed by atoms with E-state index in [1.165, 1.54) is 0 Å². The van der Waals surface area contributed by atoms with Gasteiger partial charge < -0.3 is 9.80 Å². The molecule has 0 atom stereocenters. The van der Waals surface area contributed by atoms with Crippen LogP contribution in [0.15, 0.2) is 12.1 Å². The van der Waals surface area contributed by atoms with Gasteiger partial charge in [-0.3, -0.25) is 4.79 Å². The summed E-state index contributed by atoms with van der Waals surface area (Å²) in [5, 5.41) is 13.2. The predicted molar refractivity (Wildman–Crippen MR) is 93.1 cm³/mol. The first-order chi connectivity index (χ1) is 11.3. The van der Waals surface area contributed by atoms with Crippen LogP contribution in [0.2, 0.25) is 0 Å². The van der Waals surface area contributed by atoms with Gasteiger partial charge in [-0.2, -0.15) is 4.52 Å². The van der Waals surface area contributed by atoms with Crippen LogP contribution < -0.4 is 4.90 Å². The van der Waals surface area contributed by atoms with Crippen molar-refractivity contribution >= 4 is 17.4 Å². The fourth-order valence-corrected chi connectivity index (χ4v) is 3.14. The number of nitrogens with zero attached hydrogens (tertiary/aromatic N) is 6. The smallest absolute Gasteiger partial charge is 0.225 e. The molecule has 1 aliphatic heterocycles. The summed E-state index contributed by atoms with van der Waals surface area (Å²) in [7, 11) is 3.65. The lowest BCUT2D eigenvalue weighted by Crippen LogP contribution is -2.40. The molecule has 1 fully saturated rings. The van der Waals surface area contributed by atoms with Gasteiger partial charge in [-0.25, -0.2) is 0 Å². The summed E-state index contributed by atoms with van der Waals surface area (Å²) >= 11 is 0. The topological polar surface area (TPSA) is 66.6 Å². The average molecular weight is 330 g/mol. The van der Waals surface area contributed by atoms with Crippen molar-refractivity contribution < 1.29 is 4.79 Å². The Kier molecular flexibility index (Phi) is 4.19. The number of fused-ring (bicyclic) bond motifs is 1. The molecule has 0 radical (unpaired) electrons. The standard InChI is InChI=1S/C17H26N6O/c1-17(2,3)16-19-18-13-6-7-14(20-23(13)16)22-10-8-12(9-11-22)15(24)21(4)5/h6-7,12H,8-11H2,1-5H3. The molecule has 2 aromatic heterocycles. The van der Waals surface area contributed by atoms with Crippen LogP contribution in [0.4, 0.5) is 5.82 Å². The van der Waals surface area contributed by atoms with Gasteiger partial charge in [0.25, 0.3) is 0 Å². The van der Waals surface area contributed by atoms with Crippen LogP contribution in [0.3, 0.4) is 0 Å². The van der Waals surface area contributed by atoms with Crippen molar-refractivity contribution in [3.8, 4) is 0 Å². The van der Waals surface area contributed by atoms with Crippen LogP contribution in [-0.4, -0.2) is 57.8 Å². The lowest BCUT2D eigenvalue weighted by Gasteiger charge is -2.33. The number of amides is 1. The van der Waals surface area contributed by atoms with Gasteiger partial charge in [0.1, 0.15) is 5.82 Å². The number of carbonyl (C=O) groups excluding carboxylic acids is 1. The summed E-state index contributed by atoms with van der Waals surface area (Å²) in [5.41, 5.74) is 0.650. The Morgan fingerprint density at radius 3 is 2.42 bits per heavy atom. The fourth-order valence-electron chi connectivity index (χ4n) is 3.14. The van der Waals surface area contributed by atoms with Gasteiger partial charge in [0, 0.05) is 38.5 Å². The number of piperidine rings is 1. The highest BCUT2D eigenvalue weighted by atomic mass is 16.2. The minimum Gasteiger partial charge on any atom is -0.355 e. The van der Waals surface area contributed by atoms with E-state index in [4.69, 9.17) is 5.10 Å². The first-order valence-corrected chi connectivity index (χ1v) is 8.46. The lowest BCUT2D eigenvalue weighted by molar-refractivity contribution is -0.133. The Labute approximate surface area is 142 Å². The van der Waals surface area contributed by atoms with Gasteiger partial charge in [-0.1, -0.05) is 20.8 Å². The summed E-state index contributed by atoms with van der Waals surface area (Å²) in [6.07, 6.45) is 1.73. The molecule has 0 N–H and O–H groups in total. The summed E-state index contributed by atoms with van der Waals surface area (Å²) in [4.78, 5) is 16.0. The van der Waals surface area contributed by atoms with Gasteiger partial charge in [0.2, 0.25) is 5.91 Å². The molecule has 0 aliphatic carbocycles. The zero-order valence-electron chi connectivity index (χ0n) is 15.2. The zero-order valence-corrected chi connectivity index (χ0v) is 15.2. The van der Waals surface area contributed by atoms with E-state index < -0.39 is 0 Å². The normalized spacial score (nSPS) is 16.6. The molecule has 1 saturated heterocycles. The number of anilines is 1. The molecule has 0 bridgehead atoms. The van der Waals surface area contributed by atoms with Crippen LogP contribution in [0.1, 0.15) is 39.4 Å². The van der Waals surface area contributed by atoms with Gasteiger partial charge in [0.15, 0.2) is 11.5 Å². The van der Waals surface area contributed by atoms with E-state index in [9.17, 15) is 4.79 Å². The first-order valence-electron chi connectivity index (χ1n) is 8.46. The number of hydrogen-bond donors (Lipinski definition) is 0. The van der Waals surface area contributed by atoms with Crippen LogP contribution in [-0.2, 0) is 10.2 Å². The third-order valence-electron chi connectivity index (χ3n) is 4.53. The Morgan fingerprint density at radius 2 is 1.83 bits per heavy atom. The number of rotatable bonds is 2. The molecule has 24 heavy (non-hydrogen) atoms. The van der Waals surface area contributed by atoms with Gasteiger partial charge >= 0.3 is 0 Å². The highest BCUT2D eigenvalue weighted by Crippen LogP contribution is 2.25. The maximum atomic E-state index is 12.1. The lowest BCUT2D eigenvalue weighted by atomic mass is 9.95. The number of carbonyl (C=O) groups is 1. The van der Waals surface area contributed by atoms with E-state index >= 15 is 0 Å². The zero-order chi connectivity index (χ0) is 17.5. The number of aromatic nitrogens is 4. The minimum absolute atomic E-state index is 0.115. The predicted octanol–water partition coefficient (Wildman–Crippen LogP) is 1.73. The van der Waals surface area contributed by atoms with Crippen LogP contribution in [0, 0.1) is 5.92 Å². The summed E-state index contributed by atoms with van der Waals surface area (Å²) in [6, 6.07) is 3.95. The van der Waals surface area contributed by atoms with E-state index in [0.717, 1.165) is 43.2 Å². The Bertz CT molecular complexity index is 737. The largest absolute Gasteiger partial charge is 0.355 e. The summed E-state index contributed by atoms with van der Waals surface area (Å²) < 4.78 is 1.84. The molecule has 0 saturated carbocycles. The molecule has 7 nitrogen and oxygen atoms in total. The van der Waals surface area contributed by atoms with Crippen LogP contribution >= 0.6 is 0 Å². The second-order valence-electron chi connectivity index (χ2n) is 7.73. The second kappa shape index (κ2) is 6.03. The molecule has 0 aromatic carbocycles. The van der Waals surface area contributed by atoms with Crippen molar-refractivity contribution in [1.82, 2.24) is 24.7 Å². The molecule has 3 heterocycles. The molecular weight excluding hydrogens is 304 g/mol. The molecule has 1 aliphatic rings. The van der Waals surface area contributed by atoms with Crippen LogP contribution in [0.25, 0.3) is 5.65 Å². The Morgan fingerprint density at radius 1 is 1.17 bits per heavy atom. The summed E-state index contributed by atoms with van der Waals surface area (Å²) in [6.45, 7) is 8.01. The van der Waals surface area contributed by atoms with Crippen LogP contribution in [0.5, 0.6) is 0 Å².